The highest BCUT2D eigenvalue weighted by molar-refractivity contribution is 6.03. The maximum absolute atomic E-state index is 14.1. The Kier molecular flexibility index (Phi) is 10.8. The average Bonchev–Trinajstić information content (AvgIpc) is 3.42. The standard InChI is InChI=1S/C41H54O8/c1-7-35-25(2)18-19-40(49-35)23-33-22-32(48-40)17-16-27(4)37(46-29(6)21-30-13-9-8-10-14-30)26(3)12-11-15-31-24-45-38-36(42)28(5)20-34(39(43)47-33)41(31,38)44/h8-16,20,25-26,29,32-35,37-38,44H,7,17-19,21-24H2,1-6H3/b12-11+,27-16+,31-15+/t25-,26-,29?,32+,33-,34-,35+,37+,38+,40+,41+/m0/s1. The van der Waals surface area contributed by atoms with Crippen LogP contribution in [0.2, 0.25) is 0 Å². The van der Waals surface area contributed by atoms with Gasteiger partial charge >= 0.3 is 5.97 Å². The van der Waals surface area contributed by atoms with E-state index in [0.717, 1.165) is 24.8 Å². The van der Waals surface area contributed by atoms with Gasteiger partial charge in [-0.3, -0.25) is 9.59 Å². The fourth-order valence-electron chi connectivity index (χ4n) is 8.49. The summed E-state index contributed by atoms with van der Waals surface area (Å²) in [5.41, 5.74) is 1.33. The van der Waals surface area contributed by atoms with Crippen molar-refractivity contribution in [2.45, 2.75) is 135 Å². The second-order valence-electron chi connectivity index (χ2n) is 15.1. The van der Waals surface area contributed by atoms with Gasteiger partial charge in [-0.15, -0.1) is 0 Å². The number of rotatable bonds is 5. The molecule has 3 saturated heterocycles. The largest absolute Gasteiger partial charge is 0.462 e. The number of aliphatic hydroxyl groups is 1. The molecule has 5 aliphatic rings. The summed E-state index contributed by atoms with van der Waals surface area (Å²) in [6.45, 7) is 12.4. The number of Topliss-reactive ketones (excluding diaryl/α,β-unsaturated/α-hetero) is 1. The third-order valence-electron chi connectivity index (χ3n) is 11.3. The minimum atomic E-state index is -1.85. The van der Waals surface area contributed by atoms with Gasteiger partial charge in [0.25, 0.3) is 0 Å². The van der Waals surface area contributed by atoms with Crippen molar-refractivity contribution in [2.24, 2.45) is 17.8 Å². The molecule has 1 unspecified atom stereocenters. The zero-order valence-corrected chi connectivity index (χ0v) is 29.9. The van der Waals surface area contributed by atoms with Gasteiger partial charge in [0.2, 0.25) is 0 Å². The summed E-state index contributed by atoms with van der Waals surface area (Å²) in [7, 11) is 0. The molecule has 6 rings (SSSR count). The molecule has 8 heteroatoms. The first-order valence-electron chi connectivity index (χ1n) is 18.3. The Morgan fingerprint density at radius 1 is 1.08 bits per heavy atom. The molecule has 3 fully saturated rings. The number of carbonyl (C=O) groups is 2. The highest BCUT2D eigenvalue weighted by atomic mass is 16.7. The fraction of sp³-hybridized carbons (Fsp3) is 0.610. The number of esters is 1. The molecule has 2 bridgehead atoms. The van der Waals surface area contributed by atoms with Gasteiger partial charge in [-0.05, 0) is 74.7 Å². The topological polar surface area (TPSA) is 101 Å². The molecule has 4 heterocycles. The van der Waals surface area contributed by atoms with Gasteiger partial charge in [-0.1, -0.05) is 81.5 Å². The normalized spacial score (nSPS) is 41.8. The zero-order chi connectivity index (χ0) is 34.9. The van der Waals surface area contributed by atoms with E-state index in [1.807, 2.05) is 24.3 Å². The average molecular weight is 675 g/mol. The summed E-state index contributed by atoms with van der Waals surface area (Å²) in [5.74, 6) is -2.45. The molecule has 1 aromatic rings. The van der Waals surface area contributed by atoms with E-state index in [0.29, 0.717) is 42.7 Å². The minimum Gasteiger partial charge on any atom is -0.462 e. The Bertz CT molecular complexity index is 1490. The number of fused-ring (bicyclic) bond motifs is 2. The highest BCUT2D eigenvalue weighted by Crippen LogP contribution is 2.46. The van der Waals surface area contributed by atoms with E-state index in [-0.39, 0.29) is 42.7 Å². The molecule has 11 atom stereocenters. The Morgan fingerprint density at radius 2 is 1.86 bits per heavy atom. The molecule has 266 valence electrons. The Labute approximate surface area is 291 Å². The van der Waals surface area contributed by atoms with Crippen molar-refractivity contribution in [1.29, 1.82) is 0 Å². The van der Waals surface area contributed by atoms with Crippen LogP contribution in [0.1, 0.15) is 85.6 Å². The van der Waals surface area contributed by atoms with Gasteiger partial charge in [0, 0.05) is 25.2 Å². The van der Waals surface area contributed by atoms with Crippen molar-refractivity contribution in [3.8, 4) is 0 Å². The summed E-state index contributed by atoms with van der Waals surface area (Å²) in [6, 6.07) is 10.4. The van der Waals surface area contributed by atoms with Crippen molar-refractivity contribution in [2.75, 3.05) is 6.61 Å². The van der Waals surface area contributed by atoms with Crippen LogP contribution in [0.25, 0.3) is 0 Å². The highest BCUT2D eigenvalue weighted by Gasteiger charge is 2.60. The van der Waals surface area contributed by atoms with Gasteiger partial charge in [-0.25, -0.2) is 0 Å². The van der Waals surface area contributed by atoms with Crippen LogP contribution in [0.15, 0.2) is 77.4 Å². The Morgan fingerprint density at radius 3 is 2.61 bits per heavy atom. The van der Waals surface area contributed by atoms with E-state index in [1.165, 1.54) is 5.56 Å². The van der Waals surface area contributed by atoms with Crippen LogP contribution in [0.3, 0.4) is 0 Å². The molecule has 4 aliphatic heterocycles. The molecule has 49 heavy (non-hydrogen) atoms. The number of hydrogen-bond acceptors (Lipinski definition) is 8. The van der Waals surface area contributed by atoms with Gasteiger partial charge in [0.05, 0.1) is 31.0 Å². The van der Waals surface area contributed by atoms with E-state index in [2.05, 4.69) is 58.9 Å². The maximum atomic E-state index is 14.1. The van der Waals surface area contributed by atoms with E-state index < -0.39 is 35.5 Å². The van der Waals surface area contributed by atoms with E-state index >= 15 is 0 Å². The zero-order valence-electron chi connectivity index (χ0n) is 29.9. The summed E-state index contributed by atoms with van der Waals surface area (Å²) in [5, 5.41) is 12.3. The van der Waals surface area contributed by atoms with Crippen LogP contribution in [0, 0.1) is 17.8 Å². The van der Waals surface area contributed by atoms with E-state index in [4.69, 9.17) is 23.7 Å². The number of carbonyl (C=O) groups excluding carboxylic acids is 2. The molecular weight excluding hydrogens is 620 g/mol. The summed E-state index contributed by atoms with van der Waals surface area (Å²) >= 11 is 0. The number of ether oxygens (including phenoxy) is 5. The lowest BCUT2D eigenvalue weighted by Gasteiger charge is -2.49. The third-order valence-corrected chi connectivity index (χ3v) is 11.3. The van der Waals surface area contributed by atoms with Crippen molar-refractivity contribution in [3.05, 3.63) is 83.0 Å². The van der Waals surface area contributed by atoms with Crippen LogP contribution in [0.4, 0.5) is 0 Å². The second kappa shape index (κ2) is 14.8. The van der Waals surface area contributed by atoms with Crippen LogP contribution < -0.4 is 0 Å². The van der Waals surface area contributed by atoms with Crippen LogP contribution in [-0.4, -0.2) is 71.5 Å². The first-order valence-corrected chi connectivity index (χ1v) is 18.3. The quantitative estimate of drug-likeness (QED) is 0.270. The van der Waals surface area contributed by atoms with Crippen LogP contribution in [-0.2, 0) is 39.7 Å². The predicted molar refractivity (Wildman–Crippen MR) is 186 cm³/mol. The van der Waals surface area contributed by atoms with Gasteiger partial charge in [0.1, 0.15) is 17.6 Å². The first kappa shape index (κ1) is 35.9. The SMILES string of the molecule is CC[C@H]1O[C@]2(CC[C@@H]1C)C[C@@H]1C[C@@H](C/C=C(\C)[C@H](OC(C)Cc3ccccc3)[C@@H](C)/C=C/C=C3\CO[C@@H]4C(=O)C(C)=C[C@@H](C(=O)O1)[C@]34O)O2. The number of hydrogen-bond donors (Lipinski definition) is 1. The lowest BCUT2D eigenvalue weighted by Crippen LogP contribution is -2.57. The number of benzene rings is 1. The van der Waals surface area contributed by atoms with Crippen molar-refractivity contribution >= 4 is 11.8 Å². The fourth-order valence-corrected chi connectivity index (χ4v) is 8.49. The molecule has 1 aromatic carbocycles. The first-order chi connectivity index (χ1) is 23.4. The van der Waals surface area contributed by atoms with E-state index in [1.54, 1.807) is 19.1 Å². The maximum Gasteiger partial charge on any atom is 0.316 e. The molecule has 0 radical (unpaired) electrons. The third kappa shape index (κ3) is 7.45. The van der Waals surface area contributed by atoms with Crippen molar-refractivity contribution in [3.63, 3.8) is 0 Å². The predicted octanol–water partition coefficient (Wildman–Crippen LogP) is 6.76. The van der Waals surface area contributed by atoms with Gasteiger partial charge < -0.3 is 28.8 Å². The second-order valence-corrected chi connectivity index (χ2v) is 15.1. The molecule has 0 saturated carbocycles. The van der Waals surface area contributed by atoms with Gasteiger partial charge in [0.15, 0.2) is 17.7 Å². The molecule has 0 amide bonds. The molecule has 0 aromatic heterocycles. The lowest BCUT2D eigenvalue weighted by molar-refractivity contribution is -0.335. The molecular formula is C41H54O8. The lowest BCUT2D eigenvalue weighted by atomic mass is 9.71. The van der Waals surface area contributed by atoms with Crippen molar-refractivity contribution in [1.82, 2.24) is 0 Å². The summed E-state index contributed by atoms with van der Waals surface area (Å²) in [4.78, 5) is 27.3. The van der Waals surface area contributed by atoms with E-state index in [9.17, 15) is 14.7 Å². The van der Waals surface area contributed by atoms with Crippen LogP contribution >= 0.6 is 0 Å². The molecule has 1 aliphatic carbocycles. The summed E-state index contributed by atoms with van der Waals surface area (Å²) < 4.78 is 32.5. The summed E-state index contributed by atoms with van der Waals surface area (Å²) in [6.07, 6.45) is 12.2. The molecule has 8 nitrogen and oxygen atoms in total. The molecule has 1 N–H and O–H groups in total. The van der Waals surface area contributed by atoms with Crippen molar-refractivity contribution < 1.29 is 38.4 Å². The number of allylic oxidation sites excluding steroid dienone is 2. The van der Waals surface area contributed by atoms with Crippen LogP contribution in [0.5, 0.6) is 0 Å². The monoisotopic (exact) mass is 674 g/mol. The molecule has 1 spiro atoms. The number of ketones is 1. The Balaban J connectivity index is 1.37. The minimum absolute atomic E-state index is 0.0253. The Hall–Kier alpha value is -2.88. The smallest absolute Gasteiger partial charge is 0.316 e. The van der Waals surface area contributed by atoms with Gasteiger partial charge in [-0.2, -0.15) is 0 Å².